The van der Waals surface area contributed by atoms with Gasteiger partial charge in [-0.3, -0.25) is 4.79 Å². The van der Waals surface area contributed by atoms with E-state index in [0.717, 1.165) is 0 Å². The maximum atomic E-state index is 11.9. The summed E-state index contributed by atoms with van der Waals surface area (Å²) in [6.07, 6.45) is 0.202. The molecule has 1 rings (SSSR count). The average molecular weight is 298 g/mol. The molecular formula is C14H18O7. The molecule has 0 aromatic heterocycles. The lowest BCUT2D eigenvalue weighted by Crippen LogP contribution is -2.09. The molecule has 0 bridgehead atoms. The van der Waals surface area contributed by atoms with E-state index in [1.165, 1.54) is 33.5 Å². The number of ether oxygens (including phenoxy) is 4. The molecule has 0 radical (unpaired) electrons. The van der Waals surface area contributed by atoms with Crippen LogP contribution in [0.4, 0.5) is 0 Å². The minimum atomic E-state index is -0.932. The highest BCUT2D eigenvalue weighted by Crippen LogP contribution is 2.38. The van der Waals surface area contributed by atoms with Crippen molar-refractivity contribution in [3.8, 4) is 17.2 Å². The predicted molar refractivity (Wildman–Crippen MR) is 73.3 cm³/mol. The van der Waals surface area contributed by atoms with Crippen molar-refractivity contribution < 1.29 is 33.6 Å². The van der Waals surface area contributed by atoms with Crippen LogP contribution in [-0.2, 0) is 9.53 Å². The van der Waals surface area contributed by atoms with Crippen LogP contribution in [0.25, 0.3) is 0 Å². The minimum Gasteiger partial charge on any atom is -0.493 e. The second-order valence-electron chi connectivity index (χ2n) is 4.05. The molecule has 0 aliphatic rings. The molecule has 0 aliphatic carbocycles. The first-order chi connectivity index (χ1) is 10.0. The van der Waals surface area contributed by atoms with Gasteiger partial charge in [0.05, 0.1) is 33.5 Å². The Labute approximate surface area is 122 Å². The number of methoxy groups -OCH3 is 3. The van der Waals surface area contributed by atoms with Gasteiger partial charge < -0.3 is 24.1 Å². The maximum Gasteiger partial charge on any atom is 0.338 e. The number of benzene rings is 1. The summed E-state index contributed by atoms with van der Waals surface area (Å²) in [5.74, 6) is -0.454. The smallest absolute Gasteiger partial charge is 0.338 e. The lowest BCUT2D eigenvalue weighted by Gasteiger charge is -2.13. The Morgan fingerprint density at radius 2 is 1.62 bits per heavy atom. The fraction of sp³-hybridized carbons (Fsp3) is 0.429. The minimum absolute atomic E-state index is 0.0296. The molecule has 7 nitrogen and oxygen atoms in total. The van der Waals surface area contributed by atoms with Gasteiger partial charge in [-0.2, -0.15) is 0 Å². The van der Waals surface area contributed by atoms with E-state index in [0.29, 0.717) is 17.2 Å². The molecule has 0 amide bonds. The summed E-state index contributed by atoms with van der Waals surface area (Å²) in [6, 6.07) is 2.95. The van der Waals surface area contributed by atoms with Crippen LogP contribution in [0.1, 0.15) is 23.2 Å². The summed E-state index contributed by atoms with van der Waals surface area (Å²) in [4.78, 5) is 22.3. The van der Waals surface area contributed by atoms with E-state index in [-0.39, 0.29) is 25.0 Å². The third kappa shape index (κ3) is 4.55. The normalized spacial score (nSPS) is 9.86. The molecule has 0 saturated heterocycles. The summed E-state index contributed by atoms with van der Waals surface area (Å²) in [7, 11) is 4.35. The van der Waals surface area contributed by atoms with Gasteiger partial charge in [-0.1, -0.05) is 0 Å². The van der Waals surface area contributed by atoms with Crippen LogP contribution < -0.4 is 14.2 Å². The lowest BCUT2D eigenvalue weighted by molar-refractivity contribution is -0.137. The van der Waals surface area contributed by atoms with E-state index in [9.17, 15) is 9.59 Å². The van der Waals surface area contributed by atoms with E-state index < -0.39 is 11.9 Å². The molecule has 0 atom stereocenters. The van der Waals surface area contributed by atoms with E-state index in [4.69, 9.17) is 24.1 Å². The number of hydrogen-bond donors (Lipinski definition) is 1. The van der Waals surface area contributed by atoms with Crippen LogP contribution in [0.5, 0.6) is 17.2 Å². The van der Waals surface area contributed by atoms with Crippen LogP contribution in [-0.4, -0.2) is 45.0 Å². The molecule has 0 fully saturated rings. The Morgan fingerprint density at radius 1 is 1.05 bits per heavy atom. The highest BCUT2D eigenvalue weighted by Gasteiger charge is 2.17. The van der Waals surface area contributed by atoms with Gasteiger partial charge >= 0.3 is 11.9 Å². The topological polar surface area (TPSA) is 91.3 Å². The number of esters is 1. The zero-order valence-corrected chi connectivity index (χ0v) is 12.2. The Hall–Kier alpha value is -2.44. The molecule has 1 N–H and O–H groups in total. The van der Waals surface area contributed by atoms with Crippen molar-refractivity contribution in [2.45, 2.75) is 12.8 Å². The zero-order chi connectivity index (χ0) is 15.8. The van der Waals surface area contributed by atoms with Crippen LogP contribution in [0, 0.1) is 0 Å². The van der Waals surface area contributed by atoms with E-state index in [2.05, 4.69) is 0 Å². The molecule has 1 aromatic carbocycles. The highest BCUT2D eigenvalue weighted by molar-refractivity contribution is 5.91. The standard InChI is InChI=1S/C14H18O7/c1-18-10-7-9(8-11(19-2)13(10)20-3)14(17)21-6-4-5-12(15)16/h7-8H,4-6H2,1-3H3,(H,15,16). The SMILES string of the molecule is COc1cc(C(=O)OCCCC(=O)O)cc(OC)c1OC. The predicted octanol–water partition coefficient (Wildman–Crippen LogP) is 1.73. The summed E-state index contributed by atoms with van der Waals surface area (Å²) >= 11 is 0. The number of carboxylic acids is 1. The van der Waals surface area contributed by atoms with Crippen molar-refractivity contribution in [3.05, 3.63) is 17.7 Å². The lowest BCUT2D eigenvalue weighted by atomic mass is 10.2. The van der Waals surface area contributed by atoms with Crippen LogP contribution in [0.2, 0.25) is 0 Å². The fourth-order valence-electron chi connectivity index (χ4n) is 1.67. The number of hydrogen-bond acceptors (Lipinski definition) is 6. The third-order valence-corrected chi connectivity index (χ3v) is 2.67. The monoisotopic (exact) mass is 298 g/mol. The van der Waals surface area contributed by atoms with Crippen LogP contribution >= 0.6 is 0 Å². The number of carboxylic acid groups (broad SMARTS) is 1. The first kappa shape index (κ1) is 16.6. The summed E-state index contributed by atoms with van der Waals surface area (Å²) < 4.78 is 20.4. The van der Waals surface area contributed by atoms with E-state index in [1.54, 1.807) is 0 Å². The number of rotatable bonds is 8. The molecule has 0 saturated carbocycles. The largest absolute Gasteiger partial charge is 0.493 e. The molecule has 7 heteroatoms. The van der Waals surface area contributed by atoms with E-state index in [1.807, 2.05) is 0 Å². The highest BCUT2D eigenvalue weighted by atomic mass is 16.5. The van der Waals surface area contributed by atoms with Gasteiger partial charge in [0, 0.05) is 6.42 Å². The average Bonchev–Trinajstić information content (AvgIpc) is 2.49. The van der Waals surface area contributed by atoms with Gasteiger partial charge in [-0.15, -0.1) is 0 Å². The van der Waals surface area contributed by atoms with Gasteiger partial charge in [-0.25, -0.2) is 4.79 Å². The van der Waals surface area contributed by atoms with Crippen molar-refractivity contribution in [2.24, 2.45) is 0 Å². The van der Waals surface area contributed by atoms with Crippen molar-refractivity contribution in [1.82, 2.24) is 0 Å². The van der Waals surface area contributed by atoms with Gasteiger partial charge in [0.2, 0.25) is 5.75 Å². The third-order valence-electron chi connectivity index (χ3n) is 2.67. The number of carbonyl (C=O) groups excluding carboxylic acids is 1. The number of carbonyl (C=O) groups is 2. The van der Waals surface area contributed by atoms with Gasteiger partial charge in [0.25, 0.3) is 0 Å². The van der Waals surface area contributed by atoms with Gasteiger partial charge in [0.1, 0.15) is 0 Å². The summed E-state index contributed by atoms with van der Waals surface area (Å²) in [6.45, 7) is 0.0296. The Bertz CT molecular complexity index is 485. The Kier molecular flexibility index (Phi) is 6.32. The van der Waals surface area contributed by atoms with Gasteiger partial charge in [0.15, 0.2) is 11.5 Å². The molecule has 0 aliphatic heterocycles. The number of aliphatic carboxylic acids is 1. The quantitative estimate of drug-likeness (QED) is 0.577. The molecule has 116 valence electrons. The molecule has 0 heterocycles. The molecule has 0 spiro atoms. The second-order valence-corrected chi connectivity index (χ2v) is 4.05. The van der Waals surface area contributed by atoms with Crippen molar-refractivity contribution in [3.63, 3.8) is 0 Å². The van der Waals surface area contributed by atoms with Crippen molar-refractivity contribution in [1.29, 1.82) is 0 Å². The van der Waals surface area contributed by atoms with Crippen LogP contribution in [0.15, 0.2) is 12.1 Å². The zero-order valence-electron chi connectivity index (χ0n) is 12.2. The van der Waals surface area contributed by atoms with Crippen molar-refractivity contribution in [2.75, 3.05) is 27.9 Å². The van der Waals surface area contributed by atoms with Crippen LogP contribution in [0.3, 0.4) is 0 Å². The summed E-state index contributed by atoms with van der Waals surface area (Å²) in [5, 5.41) is 8.50. The second kappa shape index (κ2) is 7.98. The fourth-order valence-corrected chi connectivity index (χ4v) is 1.67. The van der Waals surface area contributed by atoms with E-state index >= 15 is 0 Å². The van der Waals surface area contributed by atoms with Crippen molar-refractivity contribution >= 4 is 11.9 Å². The Morgan fingerprint density at radius 3 is 2.05 bits per heavy atom. The first-order valence-corrected chi connectivity index (χ1v) is 6.22. The molecular weight excluding hydrogens is 280 g/mol. The summed E-state index contributed by atoms with van der Waals surface area (Å²) in [5.41, 5.74) is 0.236. The molecule has 1 aromatic rings. The first-order valence-electron chi connectivity index (χ1n) is 6.22. The molecule has 21 heavy (non-hydrogen) atoms. The molecule has 0 unspecified atom stereocenters. The Balaban J connectivity index is 2.82. The maximum absolute atomic E-state index is 11.9. The van der Waals surface area contributed by atoms with Gasteiger partial charge in [-0.05, 0) is 18.6 Å².